The van der Waals surface area contributed by atoms with Gasteiger partial charge in [-0.05, 0) is 29.7 Å². The molecule has 2 aromatic rings. The van der Waals surface area contributed by atoms with Gasteiger partial charge in [0.15, 0.2) is 0 Å². The van der Waals surface area contributed by atoms with Gasteiger partial charge in [-0.15, -0.1) is 0 Å². The number of rotatable bonds is 5. The third kappa shape index (κ3) is 4.80. The number of carbonyl (C=O) groups excluding carboxylic acids is 2. The molecule has 0 saturated carbocycles. The molecule has 2 N–H and O–H groups in total. The van der Waals surface area contributed by atoms with E-state index in [-0.39, 0.29) is 23.1 Å². The zero-order valence-corrected chi connectivity index (χ0v) is 15.0. The molecule has 0 aliphatic carbocycles. The maximum atomic E-state index is 12.5. The highest BCUT2D eigenvalue weighted by atomic mass is 35.5. The molecule has 0 heterocycles. The Balaban J connectivity index is 2.08. The summed E-state index contributed by atoms with van der Waals surface area (Å²) < 4.78 is 0. The highest BCUT2D eigenvalue weighted by molar-refractivity contribution is 6.30. The van der Waals surface area contributed by atoms with E-state index < -0.39 is 16.7 Å². The highest BCUT2D eigenvalue weighted by Crippen LogP contribution is 2.25. The van der Waals surface area contributed by atoms with Crippen molar-refractivity contribution in [1.29, 1.82) is 0 Å². The Labute approximate surface area is 155 Å². The number of hydrogen-bond donors (Lipinski definition) is 2. The summed E-state index contributed by atoms with van der Waals surface area (Å²) in [6, 6.07) is 12.2. The molecule has 2 aromatic carbocycles. The molecule has 7 nitrogen and oxygen atoms in total. The number of nitro groups is 1. The van der Waals surface area contributed by atoms with Crippen LogP contribution in [0.25, 0.3) is 0 Å². The molecule has 0 aliphatic heterocycles. The molecule has 0 unspecified atom stereocenters. The minimum Gasteiger partial charge on any atom is -0.273 e. The Kier molecular flexibility index (Phi) is 6.30. The molecule has 0 radical (unpaired) electrons. The van der Waals surface area contributed by atoms with E-state index in [0.29, 0.717) is 5.02 Å². The van der Waals surface area contributed by atoms with Crippen molar-refractivity contribution in [1.82, 2.24) is 10.9 Å². The lowest BCUT2D eigenvalue weighted by atomic mass is 9.88. The molecule has 0 aliphatic rings. The number of halogens is 1. The first kappa shape index (κ1) is 19.4. The quantitative estimate of drug-likeness (QED) is 0.617. The molecule has 0 spiro atoms. The minimum atomic E-state index is -0.638. The first-order valence-electron chi connectivity index (χ1n) is 7.89. The Morgan fingerprint density at radius 3 is 2.31 bits per heavy atom. The molecular weight excluding hydrogens is 358 g/mol. The molecule has 2 rings (SSSR count). The maximum Gasteiger partial charge on any atom is 0.270 e. The van der Waals surface area contributed by atoms with Crippen LogP contribution in [0.3, 0.4) is 0 Å². The molecule has 2 amide bonds. The number of nitro benzene ring substituents is 1. The van der Waals surface area contributed by atoms with Crippen LogP contribution >= 0.6 is 11.6 Å². The largest absolute Gasteiger partial charge is 0.273 e. The van der Waals surface area contributed by atoms with Gasteiger partial charge in [0.25, 0.3) is 11.6 Å². The summed E-state index contributed by atoms with van der Waals surface area (Å²) in [5.41, 5.74) is 5.32. The summed E-state index contributed by atoms with van der Waals surface area (Å²) in [7, 11) is 0. The molecule has 0 saturated heterocycles. The molecule has 0 bridgehead atoms. The summed E-state index contributed by atoms with van der Waals surface area (Å²) in [4.78, 5) is 34.8. The van der Waals surface area contributed by atoms with Crippen molar-refractivity contribution in [2.24, 2.45) is 5.92 Å². The summed E-state index contributed by atoms with van der Waals surface area (Å²) in [6.45, 7) is 3.78. The summed E-state index contributed by atoms with van der Waals surface area (Å²) in [5, 5.41) is 11.3. The smallest absolute Gasteiger partial charge is 0.270 e. The van der Waals surface area contributed by atoms with Crippen LogP contribution in [-0.4, -0.2) is 16.7 Å². The Morgan fingerprint density at radius 1 is 1.08 bits per heavy atom. The summed E-state index contributed by atoms with van der Waals surface area (Å²) in [5.74, 6) is -1.54. The van der Waals surface area contributed by atoms with E-state index in [1.165, 1.54) is 18.2 Å². The fraction of sp³-hybridized carbons (Fsp3) is 0.222. The second-order valence-electron chi connectivity index (χ2n) is 6.02. The molecule has 1 atom stereocenters. The number of hydrogen-bond acceptors (Lipinski definition) is 4. The van der Waals surface area contributed by atoms with Crippen LogP contribution in [0.5, 0.6) is 0 Å². The van der Waals surface area contributed by atoms with Crippen LogP contribution < -0.4 is 10.9 Å². The Bertz CT molecular complexity index is 821. The van der Waals surface area contributed by atoms with Gasteiger partial charge >= 0.3 is 0 Å². The maximum absolute atomic E-state index is 12.5. The predicted octanol–water partition coefficient (Wildman–Crippen LogP) is 3.45. The molecule has 26 heavy (non-hydrogen) atoms. The zero-order valence-electron chi connectivity index (χ0n) is 14.2. The van der Waals surface area contributed by atoms with Gasteiger partial charge in [0.2, 0.25) is 5.91 Å². The zero-order chi connectivity index (χ0) is 19.3. The number of nitrogens with zero attached hydrogens (tertiary/aromatic N) is 1. The van der Waals surface area contributed by atoms with Crippen LogP contribution in [0.4, 0.5) is 5.69 Å². The van der Waals surface area contributed by atoms with Gasteiger partial charge in [-0.25, -0.2) is 0 Å². The minimum absolute atomic E-state index is 0.0223. The molecule has 0 aromatic heterocycles. The molecule has 8 heteroatoms. The lowest BCUT2D eigenvalue weighted by Gasteiger charge is -2.21. The fourth-order valence-corrected chi connectivity index (χ4v) is 2.66. The van der Waals surface area contributed by atoms with Gasteiger partial charge in [0.05, 0.1) is 10.8 Å². The summed E-state index contributed by atoms with van der Waals surface area (Å²) in [6.07, 6.45) is 0. The summed E-state index contributed by atoms with van der Waals surface area (Å²) >= 11 is 5.88. The van der Waals surface area contributed by atoms with Gasteiger partial charge in [-0.3, -0.25) is 30.6 Å². The average Bonchev–Trinajstić information content (AvgIpc) is 2.61. The van der Waals surface area contributed by atoms with Crippen molar-refractivity contribution in [3.05, 3.63) is 74.8 Å². The van der Waals surface area contributed by atoms with Crippen molar-refractivity contribution < 1.29 is 14.5 Å². The predicted molar refractivity (Wildman–Crippen MR) is 97.7 cm³/mol. The number of carbonyl (C=O) groups is 2. The lowest BCUT2D eigenvalue weighted by molar-refractivity contribution is -0.384. The van der Waals surface area contributed by atoms with E-state index in [1.807, 2.05) is 13.8 Å². The van der Waals surface area contributed by atoms with Crippen LogP contribution in [0.2, 0.25) is 5.02 Å². The van der Waals surface area contributed by atoms with Crippen molar-refractivity contribution in [2.75, 3.05) is 0 Å². The second-order valence-corrected chi connectivity index (χ2v) is 6.46. The SMILES string of the molecule is CC(C)[C@@H](C(=O)NNC(=O)c1cccc([N+](=O)[O-])c1)c1ccc(Cl)cc1. The highest BCUT2D eigenvalue weighted by Gasteiger charge is 2.24. The first-order chi connectivity index (χ1) is 12.3. The number of amides is 2. The van der Waals surface area contributed by atoms with Gasteiger partial charge < -0.3 is 0 Å². The third-order valence-corrected chi connectivity index (χ3v) is 4.05. The lowest BCUT2D eigenvalue weighted by Crippen LogP contribution is -2.44. The van der Waals surface area contributed by atoms with Gasteiger partial charge in [0.1, 0.15) is 0 Å². The average molecular weight is 376 g/mol. The fourth-order valence-electron chi connectivity index (χ4n) is 2.54. The van der Waals surface area contributed by atoms with Gasteiger partial charge in [0, 0.05) is 22.7 Å². The number of nitrogens with one attached hydrogen (secondary N) is 2. The van der Waals surface area contributed by atoms with E-state index in [0.717, 1.165) is 11.6 Å². The Hall–Kier alpha value is -2.93. The van der Waals surface area contributed by atoms with E-state index in [2.05, 4.69) is 10.9 Å². The third-order valence-electron chi connectivity index (χ3n) is 3.80. The van der Waals surface area contributed by atoms with Crippen LogP contribution in [0.15, 0.2) is 48.5 Å². The monoisotopic (exact) mass is 375 g/mol. The first-order valence-corrected chi connectivity index (χ1v) is 8.27. The van der Waals surface area contributed by atoms with Crippen LogP contribution in [-0.2, 0) is 4.79 Å². The normalized spacial score (nSPS) is 11.7. The van der Waals surface area contributed by atoms with Crippen molar-refractivity contribution >= 4 is 29.1 Å². The molecule has 0 fully saturated rings. The van der Waals surface area contributed by atoms with Gasteiger partial charge in [-0.2, -0.15) is 0 Å². The molecular formula is C18H18ClN3O4. The van der Waals surface area contributed by atoms with E-state index in [1.54, 1.807) is 24.3 Å². The number of benzene rings is 2. The van der Waals surface area contributed by atoms with Crippen molar-refractivity contribution in [3.8, 4) is 0 Å². The van der Waals surface area contributed by atoms with E-state index in [4.69, 9.17) is 11.6 Å². The topological polar surface area (TPSA) is 101 Å². The second kappa shape index (κ2) is 8.44. The van der Waals surface area contributed by atoms with Crippen LogP contribution in [0.1, 0.15) is 35.7 Å². The van der Waals surface area contributed by atoms with Crippen LogP contribution in [0, 0.1) is 16.0 Å². The number of hydrazine groups is 1. The van der Waals surface area contributed by atoms with E-state index >= 15 is 0 Å². The standard InChI is InChI=1S/C18H18ClN3O4/c1-11(2)16(12-6-8-14(19)9-7-12)18(24)21-20-17(23)13-4-3-5-15(10-13)22(25)26/h3-11,16H,1-2H3,(H,20,23)(H,21,24)/t16-/m1/s1. The van der Waals surface area contributed by atoms with E-state index in [9.17, 15) is 19.7 Å². The van der Waals surface area contributed by atoms with Crippen molar-refractivity contribution in [3.63, 3.8) is 0 Å². The Morgan fingerprint density at radius 2 is 1.73 bits per heavy atom. The van der Waals surface area contributed by atoms with Crippen molar-refractivity contribution in [2.45, 2.75) is 19.8 Å². The number of non-ortho nitro benzene ring substituents is 1. The molecule has 136 valence electrons. The van der Waals surface area contributed by atoms with Gasteiger partial charge in [-0.1, -0.05) is 43.6 Å².